The Morgan fingerprint density at radius 3 is 2.40 bits per heavy atom. The van der Waals surface area contributed by atoms with E-state index in [-0.39, 0.29) is 5.91 Å². The third kappa shape index (κ3) is 2.21. The van der Waals surface area contributed by atoms with E-state index in [0.29, 0.717) is 16.2 Å². The number of hydrazone groups is 1. The zero-order chi connectivity index (χ0) is 15.1. The molecule has 20 heavy (non-hydrogen) atoms. The molecule has 3 N–H and O–H groups in total. The maximum Gasteiger partial charge on any atom is 0.270 e. The topological polar surface area (TPSA) is 106 Å². The Labute approximate surface area is 117 Å². The monoisotopic (exact) mass is 296 g/mol. The van der Waals surface area contributed by atoms with Crippen LogP contribution in [-0.2, 0) is 14.5 Å². The standard InChI is InChI=1S/C12H16N4O3S/c1-12(15-18)10(14-16(2)11(12)17)8-4-6-9(7-5-8)20(3,13)19/h4-7,13,15,18H,1-3H3. The van der Waals surface area contributed by atoms with Crippen molar-refractivity contribution in [2.45, 2.75) is 17.4 Å². The predicted octanol–water partition coefficient (Wildman–Crippen LogP) is 0.636. The first-order chi connectivity index (χ1) is 9.20. The highest BCUT2D eigenvalue weighted by atomic mass is 32.2. The molecule has 2 atom stereocenters. The van der Waals surface area contributed by atoms with Crippen LogP contribution >= 0.6 is 0 Å². The minimum Gasteiger partial charge on any atom is -0.315 e. The number of nitrogens with zero attached hydrogens (tertiary/aromatic N) is 2. The van der Waals surface area contributed by atoms with E-state index in [4.69, 9.17) is 4.78 Å². The van der Waals surface area contributed by atoms with Gasteiger partial charge in [0.15, 0.2) is 5.54 Å². The fraction of sp³-hybridized carbons (Fsp3) is 0.333. The van der Waals surface area contributed by atoms with E-state index < -0.39 is 15.3 Å². The van der Waals surface area contributed by atoms with E-state index in [1.165, 1.54) is 20.2 Å². The summed E-state index contributed by atoms with van der Waals surface area (Å²) in [6.07, 6.45) is 1.34. The van der Waals surface area contributed by atoms with Crippen LogP contribution < -0.4 is 5.48 Å². The molecule has 0 spiro atoms. The molecule has 0 saturated carbocycles. The summed E-state index contributed by atoms with van der Waals surface area (Å²) in [5, 5.41) is 14.5. The van der Waals surface area contributed by atoms with Crippen LogP contribution in [0.5, 0.6) is 0 Å². The summed E-state index contributed by atoms with van der Waals surface area (Å²) in [5.74, 6) is -0.376. The van der Waals surface area contributed by atoms with Crippen LogP contribution in [0.4, 0.5) is 0 Å². The van der Waals surface area contributed by atoms with Gasteiger partial charge in [0.1, 0.15) is 0 Å². The zero-order valence-corrected chi connectivity index (χ0v) is 12.2. The van der Waals surface area contributed by atoms with Crippen LogP contribution in [0, 0.1) is 4.78 Å². The highest BCUT2D eigenvalue weighted by molar-refractivity contribution is 7.91. The van der Waals surface area contributed by atoms with Crippen LogP contribution in [0.1, 0.15) is 12.5 Å². The fourth-order valence-corrected chi connectivity index (χ4v) is 2.70. The SMILES string of the molecule is CN1N=C(c2ccc(S(C)(=N)=O)cc2)C(C)(NO)C1=O. The lowest BCUT2D eigenvalue weighted by molar-refractivity contribution is -0.134. The number of likely N-dealkylation sites (N-methyl/N-ethyl adjacent to an activating group) is 1. The predicted molar refractivity (Wildman–Crippen MR) is 74.1 cm³/mol. The lowest BCUT2D eigenvalue weighted by Crippen LogP contribution is -2.53. The average molecular weight is 296 g/mol. The highest BCUT2D eigenvalue weighted by Crippen LogP contribution is 2.24. The van der Waals surface area contributed by atoms with Crippen molar-refractivity contribution in [1.82, 2.24) is 10.5 Å². The second-order valence-corrected chi connectivity index (χ2v) is 7.04. The normalized spacial score (nSPS) is 25.5. The Bertz CT molecular complexity index is 681. The first kappa shape index (κ1) is 14.6. The van der Waals surface area contributed by atoms with Crippen molar-refractivity contribution < 1.29 is 14.2 Å². The van der Waals surface area contributed by atoms with E-state index in [1.807, 2.05) is 5.48 Å². The van der Waals surface area contributed by atoms with Crippen LogP contribution in [0.3, 0.4) is 0 Å². The van der Waals surface area contributed by atoms with E-state index in [0.717, 1.165) is 5.01 Å². The van der Waals surface area contributed by atoms with E-state index in [2.05, 4.69) is 5.10 Å². The van der Waals surface area contributed by atoms with E-state index in [9.17, 15) is 14.2 Å². The Hall–Kier alpha value is -1.77. The molecule has 1 aromatic rings. The molecule has 1 aliphatic rings. The first-order valence-electron chi connectivity index (χ1n) is 5.83. The lowest BCUT2D eigenvalue weighted by Gasteiger charge is -2.21. The summed E-state index contributed by atoms with van der Waals surface area (Å²) < 4.78 is 19.1. The average Bonchev–Trinajstić information content (AvgIpc) is 2.63. The van der Waals surface area contributed by atoms with Crippen LogP contribution in [0.15, 0.2) is 34.3 Å². The molecule has 0 aliphatic carbocycles. The fourth-order valence-electron chi connectivity index (χ4n) is 2.04. The zero-order valence-electron chi connectivity index (χ0n) is 11.4. The molecule has 8 heteroatoms. The van der Waals surface area contributed by atoms with Crippen LogP contribution in [0.25, 0.3) is 0 Å². The Morgan fingerprint density at radius 1 is 1.40 bits per heavy atom. The quantitative estimate of drug-likeness (QED) is 0.711. The summed E-state index contributed by atoms with van der Waals surface area (Å²) in [6.45, 7) is 1.53. The Kier molecular flexibility index (Phi) is 3.41. The molecule has 0 radical (unpaired) electrons. The smallest absolute Gasteiger partial charge is 0.270 e. The molecule has 0 saturated heterocycles. The number of hydrogen-bond donors (Lipinski definition) is 3. The van der Waals surface area contributed by atoms with Crippen molar-refractivity contribution in [2.24, 2.45) is 5.10 Å². The second kappa shape index (κ2) is 4.65. The first-order valence-corrected chi connectivity index (χ1v) is 7.79. The molecule has 1 amide bonds. The summed E-state index contributed by atoms with van der Waals surface area (Å²) in [5.41, 5.74) is 1.66. The van der Waals surface area contributed by atoms with Gasteiger partial charge in [0.25, 0.3) is 5.91 Å². The number of nitrogens with one attached hydrogen (secondary N) is 2. The number of carbonyl (C=O) groups is 1. The van der Waals surface area contributed by atoms with Gasteiger partial charge in [-0.15, -0.1) is 0 Å². The number of hydroxylamine groups is 1. The minimum atomic E-state index is -2.78. The molecule has 108 valence electrons. The number of rotatable bonds is 3. The number of amides is 1. The molecule has 1 aliphatic heterocycles. The van der Waals surface area contributed by atoms with Crippen molar-refractivity contribution in [3.8, 4) is 0 Å². The van der Waals surface area contributed by atoms with Gasteiger partial charge < -0.3 is 5.21 Å². The van der Waals surface area contributed by atoms with Crippen molar-refractivity contribution in [1.29, 1.82) is 4.78 Å². The van der Waals surface area contributed by atoms with Crippen molar-refractivity contribution in [3.63, 3.8) is 0 Å². The second-order valence-electron chi connectivity index (χ2n) is 4.88. The summed E-state index contributed by atoms with van der Waals surface area (Å²) in [4.78, 5) is 12.4. The molecular formula is C12H16N4O3S. The lowest BCUT2D eigenvalue weighted by atomic mass is 9.91. The van der Waals surface area contributed by atoms with Gasteiger partial charge in [-0.1, -0.05) is 12.1 Å². The maximum absolute atomic E-state index is 12.0. The van der Waals surface area contributed by atoms with Crippen LogP contribution in [-0.4, -0.2) is 44.9 Å². The maximum atomic E-state index is 12.0. The molecule has 1 aromatic carbocycles. The van der Waals surface area contributed by atoms with Crippen LogP contribution in [0.2, 0.25) is 0 Å². The number of hydrogen-bond acceptors (Lipinski definition) is 6. The molecule has 1 heterocycles. The van der Waals surface area contributed by atoms with Crippen molar-refractivity contribution in [3.05, 3.63) is 29.8 Å². The summed E-state index contributed by atoms with van der Waals surface area (Å²) >= 11 is 0. The molecule has 2 unspecified atom stereocenters. The number of carbonyl (C=O) groups excluding carboxylic acids is 1. The van der Waals surface area contributed by atoms with E-state index >= 15 is 0 Å². The molecule has 0 aromatic heterocycles. The summed E-state index contributed by atoms with van der Waals surface area (Å²) in [6, 6.07) is 6.39. The van der Waals surface area contributed by atoms with Gasteiger partial charge in [0, 0.05) is 23.8 Å². The van der Waals surface area contributed by atoms with E-state index in [1.54, 1.807) is 24.3 Å². The van der Waals surface area contributed by atoms with Gasteiger partial charge in [-0.25, -0.2) is 14.0 Å². The Balaban J connectivity index is 2.47. The summed E-state index contributed by atoms with van der Waals surface area (Å²) in [7, 11) is -1.28. The Morgan fingerprint density at radius 2 is 1.95 bits per heavy atom. The van der Waals surface area contributed by atoms with Crippen molar-refractivity contribution >= 4 is 21.3 Å². The molecule has 0 bridgehead atoms. The third-order valence-corrected chi connectivity index (χ3v) is 4.42. The highest BCUT2D eigenvalue weighted by Gasteiger charge is 2.46. The molecular weight excluding hydrogens is 280 g/mol. The third-order valence-electron chi connectivity index (χ3n) is 3.25. The van der Waals surface area contributed by atoms with Gasteiger partial charge in [0.05, 0.1) is 15.4 Å². The van der Waals surface area contributed by atoms with Crippen molar-refractivity contribution in [2.75, 3.05) is 13.3 Å². The molecule has 7 nitrogen and oxygen atoms in total. The minimum absolute atomic E-state index is 0.367. The largest absolute Gasteiger partial charge is 0.315 e. The molecule has 0 fully saturated rings. The van der Waals surface area contributed by atoms with Gasteiger partial charge in [-0.3, -0.25) is 4.79 Å². The molecule has 2 rings (SSSR count). The van der Waals surface area contributed by atoms with Gasteiger partial charge in [0.2, 0.25) is 0 Å². The number of benzene rings is 1. The van der Waals surface area contributed by atoms with Gasteiger partial charge in [-0.2, -0.15) is 10.6 Å². The van der Waals surface area contributed by atoms with Gasteiger partial charge >= 0.3 is 0 Å². The van der Waals surface area contributed by atoms with Gasteiger partial charge in [-0.05, 0) is 19.1 Å².